The van der Waals surface area contributed by atoms with Crippen LogP contribution < -0.4 is 13.9 Å². The molecule has 0 radical (unpaired) electrons. The highest BCUT2D eigenvalue weighted by atomic mass is 32.2. The van der Waals surface area contributed by atoms with E-state index in [1.165, 1.54) is 23.5 Å². The molecule has 0 saturated carbocycles. The SMILES string of the molecule is COc1ccc(S(=O)(=O)N2CCc3ccccc32)cc1C(=O)N1CCCc2ccccc21. The summed E-state index contributed by atoms with van der Waals surface area (Å²) in [5.74, 6) is 0.103. The zero-order valence-electron chi connectivity index (χ0n) is 17.8. The molecule has 6 nitrogen and oxygen atoms in total. The average molecular weight is 449 g/mol. The Morgan fingerprint density at radius 2 is 1.56 bits per heavy atom. The number of fused-ring (bicyclic) bond motifs is 2. The molecule has 7 heteroatoms. The summed E-state index contributed by atoms with van der Waals surface area (Å²) in [6.45, 7) is 0.964. The lowest BCUT2D eigenvalue weighted by atomic mass is 10.0. The summed E-state index contributed by atoms with van der Waals surface area (Å²) in [5.41, 5.74) is 3.93. The molecule has 0 bridgehead atoms. The van der Waals surface area contributed by atoms with Crippen molar-refractivity contribution in [1.82, 2.24) is 0 Å². The maximum absolute atomic E-state index is 13.6. The molecule has 2 heterocycles. The predicted molar refractivity (Wildman–Crippen MR) is 124 cm³/mol. The minimum absolute atomic E-state index is 0.0867. The van der Waals surface area contributed by atoms with Crippen molar-refractivity contribution in [3.63, 3.8) is 0 Å². The van der Waals surface area contributed by atoms with Gasteiger partial charge >= 0.3 is 0 Å². The number of hydrogen-bond donors (Lipinski definition) is 0. The lowest BCUT2D eigenvalue weighted by Crippen LogP contribution is -2.36. The van der Waals surface area contributed by atoms with E-state index in [0.717, 1.165) is 29.7 Å². The van der Waals surface area contributed by atoms with Crippen molar-refractivity contribution in [2.75, 3.05) is 29.4 Å². The number of hydrogen-bond acceptors (Lipinski definition) is 4. The van der Waals surface area contributed by atoms with Gasteiger partial charge in [0.2, 0.25) is 0 Å². The van der Waals surface area contributed by atoms with Gasteiger partial charge in [-0.1, -0.05) is 36.4 Å². The van der Waals surface area contributed by atoms with Gasteiger partial charge < -0.3 is 9.64 Å². The Labute approximate surface area is 188 Å². The summed E-state index contributed by atoms with van der Waals surface area (Å²) in [4.78, 5) is 15.4. The maximum atomic E-state index is 13.6. The van der Waals surface area contributed by atoms with Gasteiger partial charge in [0, 0.05) is 18.8 Å². The van der Waals surface area contributed by atoms with E-state index in [1.807, 2.05) is 48.5 Å². The number of methoxy groups -OCH3 is 1. The second-order valence-electron chi connectivity index (χ2n) is 8.01. The fourth-order valence-electron chi connectivity index (χ4n) is 4.59. The van der Waals surface area contributed by atoms with E-state index < -0.39 is 10.0 Å². The first-order chi connectivity index (χ1) is 15.5. The predicted octanol–water partition coefficient (Wildman–Crippen LogP) is 4.04. The molecule has 3 aromatic carbocycles. The molecule has 0 unspecified atom stereocenters. The number of amides is 1. The molecule has 164 valence electrons. The minimum Gasteiger partial charge on any atom is -0.496 e. The third kappa shape index (κ3) is 3.33. The zero-order chi connectivity index (χ0) is 22.3. The lowest BCUT2D eigenvalue weighted by Gasteiger charge is -2.30. The summed E-state index contributed by atoms with van der Waals surface area (Å²) >= 11 is 0. The van der Waals surface area contributed by atoms with E-state index in [0.29, 0.717) is 30.9 Å². The number of ether oxygens (including phenoxy) is 1. The number of nitrogens with zero attached hydrogens (tertiary/aromatic N) is 2. The van der Waals surface area contributed by atoms with Crippen LogP contribution in [0, 0.1) is 0 Å². The number of benzene rings is 3. The van der Waals surface area contributed by atoms with E-state index >= 15 is 0 Å². The minimum atomic E-state index is -3.82. The largest absolute Gasteiger partial charge is 0.496 e. The number of rotatable bonds is 4. The Morgan fingerprint density at radius 3 is 2.31 bits per heavy atom. The van der Waals surface area contributed by atoms with E-state index in [-0.39, 0.29) is 16.4 Å². The summed E-state index contributed by atoms with van der Waals surface area (Å²) < 4.78 is 33.9. The Hall–Kier alpha value is -3.32. The Morgan fingerprint density at radius 1 is 0.875 bits per heavy atom. The standard InChI is InChI=1S/C25H24N2O4S/c1-31-24-13-12-20(32(29,30)27-16-14-19-8-3-5-11-23(19)27)17-21(24)25(28)26-15-6-9-18-7-2-4-10-22(18)26/h2-5,7-8,10-13,17H,6,9,14-16H2,1H3. The molecule has 0 aliphatic carbocycles. The van der Waals surface area contributed by atoms with Crippen LogP contribution in [0.5, 0.6) is 5.75 Å². The number of sulfonamides is 1. The van der Waals surface area contributed by atoms with Crippen LogP contribution in [-0.4, -0.2) is 34.5 Å². The smallest absolute Gasteiger partial charge is 0.264 e. The first-order valence-electron chi connectivity index (χ1n) is 10.7. The van der Waals surface area contributed by atoms with Crippen LogP contribution in [-0.2, 0) is 22.9 Å². The molecule has 0 N–H and O–H groups in total. The number of para-hydroxylation sites is 2. The monoisotopic (exact) mass is 448 g/mol. The normalized spacial score (nSPS) is 15.3. The Bertz CT molecular complexity index is 1300. The highest BCUT2D eigenvalue weighted by Gasteiger charge is 2.33. The fraction of sp³-hybridized carbons (Fsp3) is 0.240. The summed E-state index contributed by atoms with van der Waals surface area (Å²) in [5, 5.41) is 0. The zero-order valence-corrected chi connectivity index (χ0v) is 18.6. The van der Waals surface area contributed by atoms with E-state index in [9.17, 15) is 13.2 Å². The molecule has 5 rings (SSSR count). The first kappa shape index (κ1) is 20.6. The van der Waals surface area contributed by atoms with Crippen LogP contribution in [0.2, 0.25) is 0 Å². The average Bonchev–Trinajstić information content (AvgIpc) is 3.28. The lowest BCUT2D eigenvalue weighted by molar-refractivity contribution is 0.0982. The molecule has 32 heavy (non-hydrogen) atoms. The van der Waals surface area contributed by atoms with Gasteiger partial charge in [-0.3, -0.25) is 9.10 Å². The van der Waals surface area contributed by atoms with Gasteiger partial charge in [0.05, 0.1) is 23.3 Å². The van der Waals surface area contributed by atoms with Crippen LogP contribution in [0.25, 0.3) is 0 Å². The van der Waals surface area contributed by atoms with Crippen molar-refractivity contribution in [2.24, 2.45) is 0 Å². The second-order valence-corrected chi connectivity index (χ2v) is 9.87. The van der Waals surface area contributed by atoms with Crippen molar-refractivity contribution in [3.8, 4) is 5.75 Å². The third-order valence-electron chi connectivity index (χ3n) is 6.19. The van der Waals surface area contributed by atoms with E-state index in [1.54, 1.807) is 11.0 Å². The van der Waals surface area contributed by atoms with Gasteiger partial charge in [-0.15, -0.1) is 0 Å². The highest BCUT2D eigenvalue weighted by Crippen LogP contribution is 2.35. The molecule has 0 fully saturated rings. The molecule has 2 aliphatic heterocycles. The molecule has 0 aromatic heterocycles. The van der Waals surface area contributed by atoms with E-state index in [4.69, 9.17) is 4.74 Å². The Kier molecular flexibility index (Phi) is 5.13. The van der Waals surface area contributed by atoms with Gasteiger partial charge in [0.25, 0.3) is 15.9 Å². The van der Waals surface area contributed by atoms with Gasteiger partial charge in [0.15, 0.2) is 0 Å². The molecule has 0 saturated heterocycles. The molecule has 3 aromatic rings. The van der Waals surface area contributed by atoms with E-state index in [2.05, 4.69) is 0 Å². The van der Waals surface area contributed by atoms with Crippen molar-refractivity contribution < 1.29 is 17.9 Å². The van der Waals surface area contributed by atoms with Crippen LogP contribution in [0.4, 0.5) is 11.4 Å². The summed E-state index contributed by atoms with van der Waals surface area (Å²) in [6.07, 6.45) is 2.44. The quantitative estimate of drug-likeness (QED) is 0.604. The molecular weight excluding hydrogens is 424 g/mol. The number of carbonyl (C=O) groups excluding carboxylic acids is 1. The molecule has 0 atom stereocenters. The fourth-order valence-corrected chi connectivity index (χ4v) is 6.12. The third-order valence-corrected chi connectivity index (χ3v) is 8.00. The topological polar surface area (TPSA) is 66.9 Å². The number of anilines is 2. The highest BCUT2D eigenvalue weighted by molar-refractivity contribution is 7.92. The van der Waals surface area contributed by atoms with Gasteiger partial charge in [-0.05, 0) is 60.7 Å². The Balaban J connectivity index is 1.55. The van der Waals surface area contributed by atoms with Crippen molar-refractivity contribution in [1.29, 1.82) is 0 Å². The second kappa shape index (κ2) is 7.98. The number of aryl methyl sites for hydroxylation is 1. The summed E-state index contributed by atoms with van der Waals surface area (Å²) in [6, 6.07) is 19.9. The van der Waals surface area contributed by atoms with Crippen molar-refractivity contribution in [2.45, 2.75) is 24.2 Å². The molecule has 0 spiro atoms. The number of carbonyl (C=O) groups is 1. The van der Waals surface area contributed by atoms with Gasteiger partial charge in [0.1, 0.15) is 5.75 Å². The van der Waals surface area contributed by atoms with Crippen LogP contribution >= 0.6 is 0 Å². The van der Waals surface area contributed by atoms with Crippen LogP contribution in [0.15, 0.2) is 71.6 Å². The summed E-state index contributed by atoms with van der Waals surface area (Å²) in [7, 11) is -2.33. The molecule has 2 aliphatic rings. The van der Waals surface area contributed by atoms with Crippen LogP contribution in [0.3, 0.4) is 0 Å². The first-order valence-corrected chi connectivity index (χ1v) is 12.1. The van der Waals surface area contributed by atoms with Gasteiger partial charge in [-0.25, -0.2) is 8.42 Å². The molecule has 1 amide bonds. The van der Waals surface area contributed by atoms with Crippen molar-refractivity contribution in [3.05, 3.63) is 83.4 Å². The van der Waals surface area contributed by atoms with Crippen molar-refractivity contribution >= 4 is 27.3 Å². The molecular formula is C25H24N2O4S. The van der Waals surface area contributed by atoms with Crippen LogP contribution in [0.1, 0.15) is 27.9 Å². The van der Waals surface area contributed by atoms with Gasteiger partial charge in [-0.2, -0.15) is 0 Å². The maximum Gasteiger partial charge on any atom is 0.264 e.